The number of ketones is 1. The van der Waals surface area contributed by atoms with Gasteiger partial charge in [-0.15, -0.1) is 11.3 Å². The van der Waals surface area contributed by atoms with Crippen LogP contribution in [0.25, 0.3) is 5.00 Å². The van der Waals surface area contributed by atoms with E-state index < -0.39 is 0 Å². The molecule has 0 unspecified atom stereocenters. The lowest BCUT2D eigenvalue weighted by atomic mass is 10.1. The Balaban J connectivity index is 1.46. The zero-order valence-electron chi connectivity index (χ0n) is 17.6. The normalized spacial score (nSPS) is 10.9. The summed E-state index contributed by atoms with van der Waals surface area (Å²) in [6, 6.07) is 26.0. The predicted molar refractivity (Wildman–Crippen MR) is 128 cm³/mol. The Kier molecular flexibility index (Phi) is 6.58. The molecule has 0 atom stereocenters. The maximum atomic E-state index is 12.8. The van der Waals surface area contributed by atoms with Crippen LogP contribution in [0.3, 0.4) is 0 Å². The van der Waals surface area contributed by atoms with Crippen LogP contribution in [0.4, 0.5) is 0 Å². The first-order chi connectivity index (χ1) is 15.1. The fraction of sp³-hybridized carbons (Fsp3) is 0.185. The molecule has 0 aliphatic carbocycles. The minimum absolute atomic E-state index is 0.0601. The highest BCUT2D eigenvalue weighted by Gasteiger charge is 2.15. The van der Waals surface area contributed by atoms with Gasteiger partial charge in [0.2, 0.25) is 0 Å². The number of thiophene rings is 1. The molecule has 156 valence electrons. The number of rotatable bonds is 8. The second-order valence-corrected chi connectivity index (χ2v) is 8.77. The van der Waals surface area contributed by atoms with Crippen LogP contribution in [0, 0.1) is 6.92 Å². The maximum absolute atomic E-state index is 12.8. The van der Waals surface area contributed by atoms with E-state index in [0.29, 0.717) is 6.42 Å². The van der Waals surface area contributed by atoms with Gasteiger partial charge in [0.1, 0.15) is 5.00 Å². The summed E-state index contributed by atoms with van der Waals surface area (Å²) in [5.41, 5.74) is 4.32. The number of hydrogen-bond donors (Lipinski definition) is 0. The van der Waals surface area contributed by atoms with Crippen LogP contribution < -0.4 is 5.56 Å². The molecule has 0 N–H and O–H groups in total. The van der Waals surface area contributed by atoms with Crippen molar-refractivity contribution in [2.45, 2.75) is 32.6 Å². The molecule has 2 heterocycles. The molecule has 0 fully saturated rings. The number of carbonyl (C=O) groups is 1. The van der Waals surface area contributed by atoms with Crippen LogP contribution in [0.1, 0.15) is 38.3 Å². The van der Waals surface area contributed by atoms with E-state index in [1.807, 2.05) is 73.8 Å². The molecule has 0 radical (unpaired) electrons. The molecule has 0 aliphatic rings. The number of hydrogen-bond acceptors (Lipinski definition) is 3. The van der Waals surface area contributed by atoms with Gasteiger partial charge in [0.05, 0.1) is 4.88 Å². The Labute approximate surface area is 186 Å². The first kappa shape index (κ1) is 21.0. The van der Waals surface area contributed by atoms with Gasteiger partial charge < -0.3 is 0 Å². The van der Waals surface area contributed by atoms with Gasteiger partial charge in [-0.1, -0.05) is 60.7 Å². The number of aryl methyl sites for hydroxylation is 4. The molecule has 0 saturated carbocycles. The molecular weight excluding hydrogens is 402 g/mol. The fourth-order valence-electron chi connectivity index (χ4n) is 3.67. The van der Waals surface area contributed by atoms with E-state index >= 15 is 0 Å². The van der Waals surface area contributed by atoms with Crippen LogP contribution in [-0.2, 0) is 19.3 Å². The number of benzene rings is 2. The van der Waals surface area contributed by atoms with Crippen molar-refractivity contribution in [2.24, 2.45) is 0 Å². The number of pyridine rings is 1. The summed E-state index contributed by atoms with van der Waals surface area (Å²) in [6.07, 6.45) is 4.75. The third kappa shape index (κ3) is 5.28. The number of nitrogens with zero attached hydrogens (tertiary/aromatic N) is 1. The molecule has 4 aromatic rings. The van der Waals surface area contributed by atoms with Crippen LogP contribution >= 0.6 is 11.3 Å². The second kappa shape index (κ2) is 9.71. The smallest absolute Gasteiger partial charge is 0.255 e. The fourth-order valence-corrected chi connectivity index (χ4v) is 4.80. The van der Waals surface area contributed by atoms with Gasteiger partial charge in [-0.25, -0.2) is 0 Å². The summed E-state index contributed by atoms with van der Waals surface area (Å²) >= 11 is 1.40. The molecule has 0 amide bonds. The summed E-state index contributed by atoms with van der Waals surface area (Å²) in [7, 11) is 0. The van der Waals surface area contributed by atoms with E-state index in [1.54, 1.807) is 10.6 Å². The van der Waals surface area contributed by atoms with Crippen molar-refractivity contribution >= 4 is 17.1 Å². The summed E-state index contributed by atoms with van der Waals surface area (Å²) in [5, 5.41) is 0.792. The zero-order valence-corrected chi connectivity index (χ0v) is 18.4. The Hall–Kier alpha value is -3.24. The summed E-state index contributed by atoms with van der Waals surface area (Å²) in [5.74, 6) is 0.130. The van der Waals surface area contributed by atoms with E-state index in [2.05, 4.69) is 12.1 Å². The monoisotopic (exact) mass is 427 g/mol. The van der Waals surface area contributed by atoms with E-state index in [0.717, 1.165) is 45.8 Å². The minimum atomic E-state index is -0.0601. The maximum Gasteiger partial charge on any atom is 0.255 e. The lowest BCUT2D eigenvalue weighted by molar-refractivity contribution is 0.0986. The van der Waals surface area contributed by atoms with Gasteiger partial charge in [0.15, 0.2) is 5.78 Å². The lowest BCUT2D eigenvalue weighted by Gasteiger charge is -2.05. The molecule has 0 spiro atoms. The highest BCUT2D eigenvalue weighted by molar-refractivity contribution is 7.16. The summed E-state index contributed by atoms with van der Waals surface area (Å²) < 4.78 is 1.64. The molecule has 3 nitrogen and oxygen atoms in total. The largest absolute Gasteiger partial charge is 0.293 e. The van der Waals surface area contributed by atoms with Crippen LogP contribution in [0.2, 0.25) is 0 Å². The quantitative estimate of drug-likeness (QED) is 0.333. The van der Waals surface area contributed by atoms with Crippen molar-refractivity contribution in [1.82, 2.24) is 4.57 Å². The van der Waals surface area contributed by atoms with Crippen molar-refractivity contribution in [2.75, 3.05) is 0 Å². The van der Waals surface area contributed by atoms with E-state index in [-0.39, 0.29) is 11.3 Å². The standard InChI is InChI=1S/C27H25NO2S/c1-20-18-26(31-27(20)24(29)15-14-22-10-6-3-7-11-22)28-17-16-23(19-25(28)30)13-12-21-8-4-2-5-9-21/h2-11,16-19H,12-15H2,1H3. The van der Waals surface area contributed by atoms with Crippen LogP contribution in [0.15, 0.2) is 89.9 Å². The van der Waals surface area contributed by atoms with Crippen molar-refractivity contribution < 1.29 is 4.79 Å². The van der Waals surface area contributed by atoms with Crippen LogP contribution in [0.5, 0.6) is 0 Å². The van der Waals surface area contributed by atoms with E-state index in [9.17, 15) is 9.59 Å². The SMILES string of the molecule is Cc1cc(-n2ccc(CCc3ccccc3)cc2=O)sc1C(=O)CCc1ccccc1. The predicted octanol–water partition coefficient (Wildman–Crippen LogP) is 5.81. The Bertz CT molecular complexity index is 1220. The number of carbonyl (C=O) groups excluding carboxylic acids is 1. The number of Topliss-reactive ketones (excluding diaryl/α,β-unsaturated/α-hetero) is 1. The van der Waals surface area contributed by atoms with Crippen molar-refractivity contribution in [3.05, 3.63) is 123 Å². The minimum Gasteiger partial charge on any atom is -0.293 e. The Morgan fingerprint density at radius 1 is 0.806 bits per heavy atom. The molecule has 0 saturated heterocycles. The van der Waals surface area contributed by atoms with Crippen molar-refractivity contribution in [1.29, 1.82) is 0 Å². The third-order valence-corrected chi connectivity index (χ3v) is 6.69. The van der Waals surface area contributed by atoms with Gasteiger partial charge in [0, 0.05) is 18.7 Å². The van der Waals surface area contributed by atoms with Gasteiger partial charge in [0.25, 0.3) is 5.56 Å². The van der Waals surface area contributed by atoms with Gasteiger partial charge in [-0.2, -0.15) is 0 Å². The molecular formula is C27H25NO2S. The number of aromatic nitrogens is 1. The van der Waals surface area contributed by atoms with Gasteiger partial charge in [-0.3, -0.25) is 14.2 Å². The van der Waals surface area contributed by atoms with Gasteiger partial charge >= 0.3 is 0 Å². The van der Waals surface area contributed by atoms with Crippen LogP contribution in [-0.4, -0.2) is 10.4 Å². The molecule has 4 heteroatoms. The highest BCUT2D eigenvalue weighted by atomic mass is 32.1. The van der Waals surface area contributed by atoms with Crippen molar-refractivity contribution in [3.8, 4) is 5.00 Å². The Morgan fingerprint density at radius 3 is 2.06 bits per heavy atom. The molecule has 0 bridgehead atoms. The highest BCUT2D eigenvalue weighted by Crippen LogP contribution is 2.26. The lowest BCUT2D eigenvalue weighted by Crippen LogP contribution is -2.16. The molecule has 0 aliphatic heterocycles. The van der Waals surface area contributed by atoms with E-state index in [1.165, 1.54) is 16.9 Å². The first-order valence-electron chi connectivity index (χ1n) is 10.5. The average Bonchev–Trinajstić information content (AvgIpc) is 3.19. The summed E-state index contributed by atoms with van der Waals surface area (Å²) in [4.78, 5) is 26.2. The first-order valence-corrected chi connectivity index (χ1v) is 11.4. The van der Waals surface area contributed by atoms with E-state index in [4.69, 9.17) is 0 Å². The van der Waals surface area contributed by atoms with Gasteiger partial charge in [-0.05, 0) is 60.6 Å². The molecule has 2 aromatic heterocycles. The molecule has 31 heavy (non-hydrogen) atoms. The molecule has 4 rings (SSSR count). The molecule has 2 aromatic carbocycles. The second-order valence-electron chi connectivity index (χ2n) is 7.73. The average molecular weight is 428 g/mol. The Morgan fingerprint density at radius 2 is 1.42 bits per heavy atom. The topological polar surface area (TPSA) is 39.1 Å². The zero-order chi connectivity index (χ0) is 21.6. The van der Waals surface area contributed by atoms with Crippen molar-refractivity contribution in [3.63, 3.8) is 0 Å². The summed E-state index contributed by atoms with van der Waals surface area (Å²) in [6.45, 7) is 1.94. The third-order valence-electron chi connectivity index (χ3n) is 5.41.